The Morgan fingerprint density at radius 2 is 1.15 bits per heavy atom. The summed E-state index contributed by atoms with van der Waals surface area (Å²) in [4.78, 5) is 0. The van der Waals surface area contributed by atoms with Crippen LogP contribution in [-0.2, 0) is 14.8 Å². The number of hydrogen-bond acceptors (Lipinski definition) is 3. The van der Waals surface area contributed by atoms with Crippen LogP contribution in [-0.4, -0.2) is 27.4 Å². The highest BCUT2D eigenvalue weighted by molar-refractivity contribution is 7.89. The number of primary sulfonamides is 1. The van der Waals surface area contributed by atoms with Crippen LogP contribution in [0.4, 0.5) is 0 Å². The number of unbranched alkanes of at least 4 members (excludes halogenated alkanes) is 3. The normalized spacial score (nSPS) is 13.3. The van der Waals surface area contributed by atoms with Crippen LogP contribution >= 0.6 is 0 Å². The fraction of sp³-hybridized carbons (Fsp3) is 1.00. The molecule has 0 bridgehead atoms. The monoisotopic (exact) mass is 391 g/mol. The number of sulfonamides is 1. The van der Waals surface area contributed by atoms with Crippen molar-refractivity contribution < 1.29 is 13.2 Å². The summed E-state index contributed by atoms with van der Waals surface area (Å²) < 4.78 is 27.7. The topological polar surface area (TPSA) is 69.4 Å². The molecule has 0 aliphatic heterocycles. The van der Waals surface area contributed by atoms with Crippen LogP contribution in [0.5, 0.6) is 0 Å². The zero-order valence-corrected chi connectivity index (χ0v) is 18.9. The molecule has 0 fully saturated rings. The predicted molar refractivity (Wildman–Crippen MR) is 113 cm³/mol. The number of nitrogens with two attached hydrogens (primary N) is 1. The third kappa shape index (κ3) is 17.3. The molecule has 0 radical (unpaired) electrons. The molecular weight excluding hydrogens is 346 g/mol. The first-order chi connectivity index (χ1) is 12.0. The van der Waals surface area contributed by atoms with Crippen LogP contribution in [0.1, 0.15) is 105 Å². The molecule has 0 heterocycles. The second kappa shape index (κ2) is 13.1. The minimum absolute atomic E-state index is 0.0921. The molecule has 0 aliphatic rings. The quantitative estimate of drug-likeness (QED) is 0.325. The molecule has 0 aromatic carbocycles. The fourth-order valence-electron chi connectivity index (χ4n) is 3.37. The molecular formula is C21H45NO3S. The lowest BCUT2D eigenvalue weighted by atomic mass is 9.82. The van der Waals surface area contributed by atoms with E-state index in [1.165, 1.54) is 32.1 Å². The molecule has 0 rings (SSSR count). The summed E-state index contributed by atoms with van der Waals surface area (Å²) in [6.07, 6.45) is 12.5. The average Bonchev–Trinajstić information content (AvgIpc) is 2.49. The standard InChI is InChI=1S/C21H45NO3S/c1-6-7-13-20(2,3)14-8-10-17-25-18-11-9-15-21(4,5)16-12-19-26(22,23)24/h6-19H2,1-5H3,(H2,22,23,24). The average molecular weight is 392 g/mol. The van der Waals surface area contributed by atoms with Crippen LogP contribution < -0.4 is 5.14 Å². The van der Waals surface area contributed by atoms with Crippen LogP contribution in [0.15, 0.2) is 0 Å². The summed E-state index contributed by atoms with van der Waals surface area (Å²) in [5, 5.41) is 5.06. The molecule has 4 nitrogen and oxygen atoms in total. The Bertz CT molecular complexity index is 444. The first-order valence-electron chi connectivity index (χ1n) is 10.6. The van der Waals surface area contributed by atoms with E-state index < -0.39 is 10.0 Å². The summed E-state index contributed by atoms with van der Waals surface area (Å²) in [6, 6.07) is 0. The summed E-state index contributed by atoms with van der Waals surface area (Å²) >= 11 is 0. The van der Waals surface area contributed by atoms with Gasteiger partial charge in [0, 0.05) is 13.2 Å². The van der Waals surface area contributed by atoms with E-state index in [1.807, 2.05) is 0 Å². The van der Waals surface area contributed by atoms with Crippen molar-refractivity contribution in [3.63, 3.8) is 0 Å². The maximum atomic E-state index is 11.0. The highest BCUT2D eigenvalue weighted by Gasteiger charge is 2.18. The van der Waals surface area contributed by atoms with Gasteiger partial charge in [-0.1, -0.05) is 60.3 Å². The van der Waals surface area contributed by atoms with Gasteiger partial charge in [-0.2, -0.15) is 0 Å². The van der Waals surface area contributed by atoms with Crippen molar-refractivity contribution in [3.8, 4) is 0 Å². The van der Waals surface area contributed by atoms with Gasteiger partial charge < -0.3 is 4.74 Å². The van der Waals surface area contributed by atoms with Gasteiger partial charge in [0.2, 0.25) is 10.0 Å². The van der Waals surface area contributed by atoms with Crippen LogP contribution in [0.25, 0.3) is 0 Å². The Balaban J connectivity index is 3.57. The molecule has 0 unspecified atom stereocenters. The van der Waals surface area contributed by atoms with Gasteiger partial charge in [-0.3, -0.25) is 0 Å². The van der Waals surface area contributed by atoms with Crippen molar-refractivity contribution in [3.05, 3.63) is 0 Å². The van der Waals surface area contributed by atoms with E-state index in [0.717, 1.165) is 45.3 Å². The first-order valence-corrected chi connectivity index (χ1v) is 12.3. The summed E-state index contributed by atoms with van der Waals surface area (Å²) in [7, 11) is -3.32. The Labute approximate surface area is 163 Å². The molecule has 26 heavy (non-hydrogen) atoms. The van der Waals surface area contributed by atoms with E-state index in [4.69, 9.17) is 9.88 Å². The Kier molecular flexibility index (Phi) is 13.0. The maximum Gasteiger partial charge on any atom is 0.209 e. The number of ether oxygens (including phenoxy) is 1. The second-order valence-corrected chi connectivity index (χ2v) is 11.2. The molecule has 0 aromatic heterocycles. The van der Waals surface area contributed by atoms with Crippen molar-refractivity contribution in [2.45, 2.75) is 105 Å². The molecule has 0 saturated carbocycles. The van der Waals surface area contributed by atoms with E-state index in [0.29, 0.717) is 11.8 Å². The summed E-state index contributed by atoms with van der Waals surface area (Å²) in [5.74, 6) is 0.0921. The van der Waals surface area contributed by atoms with Gasteiger partial charge in [0.05, 0.1) is 5.75 Å². The number of hydrogen-bond donors (Lipinski definition) is 1. The second-order valence-electron chi connectivity index (χ2n) is 9.43. The van der Waals surface area contributed by atoms with Crippen molar-refractivity contribution in [2.24, 2.45) is 16.0 Å². The largest absolute Gasteiger partial charge is 0.381 e. The predicted octanol–water partition coefficient (Wildman–Crippen LogP) is 5.65. The molecule has 0 aromatic rings. The van der Waals surface area contributed by atoms with Gasteiger partial charge >= 0.3 is 0 Å². The van der Waals surface area contributed by atoms with Crippen molar-refractivity contribution in [1.29, 1.82) is 0 Å². The Morgan fingerprint density at radius 3 is 1.58 bits per heavy atom. The molecule has 0 amide bonds. The van der Waals surface area contributed by atoms with Crippen LogP contribution in [0.2, 0.25) is 0 Å². The van der Waals surface area contributed by atoms with Gasteiger partial charge in [0.1, 0.15) is 0 Å². The zero-order valence-electron chi connectivity index (χ0n) is 18.1. The first kappa shape index (κ1) is 25.9. The van der Waals surface area contributed by atoms with Gasteiger partial charge in [-0.05, 0) is 55.8 Å². The van der Waals surface area contributed by atoms with Crippen molar-refractivity contribution in [1.82, 2.24) is 0 Å². The Hall–Kier alpha value is -0.130. The van der Waals surface area contributed by atoms with Gasteiger partial charge in [-0.15, -0.1) is 0 Å². The minimum Gasteiger partial charge on any atom is -0.381 e. The third-order valence-electron chi connectivity index (χ3n) is 5.27. The van der Waals surface area contributed by atoms with Crippen molar-refractivity contribution in [2.75, 3.05) is 19.0 Å². The lowest BCUT2D eigenvalue weighted by Crippen LogP contribution is -2.19. The van der Waals surface area contributed by atoms with Gasteiger partial charge in [-0.25, -0.2) is 13.6 Å². The highest BCUT2D eigenvalue weighted by Crippen LogP contribution is 2.30. The molecule has 0 spiro atoms. The molecule has 158 valence electrons. The molecule has 0 saturated heterocycles. The molecule has 0 aliphatic carbocycles. The molecule has 0 atom stereocenters. The zero-order chi connectivity index (χ0) is 20.1. The third-order valence-corrected chi connectivity index (χ3v) is 6.13. The van der Waals surface area contributed by atoms with E-state index >= 15 is 0 Å². The molecule has 2 N–H and O–H groups in total. The fourth-order valence-corrected chi connectivity index (χ4v) is 3.92. The van der Waals surface area contributed by atoms with Crippen LogP contribution in [0, 0.1) is 10.8 Å². The van der Waals surface area contributed by atoms with Crippen LogP contribution in [0.3, 0.4) is 0 Å². The smallest absolute Gasteiger partial charge is 0.209 e. The number of rotatable bonds is 17. The lowest BCUT2D eigenvalue weighted by molar-refractivity contribution is 0.119. The maximum absolute atomic E-state index is 11.0. The summed E-state index contributed by atoms with van der Waals surface area (Å²) in [6.45, 7) is 13.2. The summed E-state index contributed by atoms with van der Waals surface area (Å²) in [5.41, 5.74) is 0.652. The van der Waals surface area contributed by atoms with E-state index in [9.17, 15) is 8.42 Å². The minimum atomic E-state index is -3.32. The van der Waals surface area contributed by atoms with Gasteiger partial charge in [0.25, 0.3) is 0 Å². The van der Waals surface area contributed by atoms with Gasteiger partial charge in [0.15, 0.2) is 0 Å². The Morgan fingerprint density at radius 1 is 0.731 bits per heavy atom. The van der Waals surface area contributed by atoms with Crippen molar-refractivity contribution >= 4 is 10.0 Å². The molecule has 5 heteroatoms. The highest BCUT2D eigenvalue weighted by atomic mass is 32.2. The van der Waals surface area contributed by atoms with E-state index in [2.05, 4.69) is 34.6 Å². The SMILES string of the molecule is CCCCC(C)(C)CCCCOCCCCC(C)(C)CCCS(N)(=O)=O. The lowest BCUT2D eigenvalue weighted by Gasteiger charge is -2.24. The van der Waals surface area contributed by atoms with E-state index in [-0.39, 0.29) is 11.2 Å². The van der Waals surface area contributed by atoms with E-state index in [1.54, 1.807) is 0 Å².